The maximum absolute atomic E-state index is 5.26. The molecule has 0 amide bonds. The Balaban J connectivity index is 2.36. The van der Waals surface area contributed by atoms with E-state index in [-0.39, 0.29) is 5.41 Å². The number of aromatic amines is 1. The van der Waals surface area contributed by atoms with Crippen molar-refractivity contribution in [3.8, 4) is 0 Å². The number of hydrogen-bond acceptors (Lipinski definition) is 2. The second-order valence-corrected chi connectivity index (χ2v) is 6.97. The monoisotopic (exact) mass is 336 g/mol. The van der Waals surface area contributed by atoms with Crippen LogP contribution in [0, 0.1) is 4.64 Å². The molecule has 100 valence electrons. The smallest absolute Gasteiger partial charge is 0.130 e. The van der Waals surface area contributed by atoms with Gasteiger partial charge in [0.1, 0.15) is 10.5 Å². The molecule has 0 fully saturated rings. The third-order valence-electron chi connectivity index (χ3n) is 2.86. The molecule has 0 bridgehead atoms. The highest BCUT2D eigenvalue weighted by atomic mass is 79.9. The van der Waals surface area contributed by atoms with Crippen molar-refractivity contribution in [2.45, 2.75) is 32.6 Å². The van der Waals surface area contributed by atoms with Crippen LogP contribution < -0.4 is 0 Å². The summed E-state index contributed by atoms with van der Waals surface area (Å²) in [7, 11) is 0. The van der Waals surface area contributed by atoms with E-state index in [2.05, 4.69) is 58.8 Å². The Labute approximate surface area is 127 Å². The van der Waals surface area contributed by atoms with E-state index in [1.807, 2.05) is 18.2 Å². The van der Waals surface area contributed by atoms with Crippen LogP contribution in [0.4, 0.5) is 0 Å². The molecule has 0 saturated heterocycles. The van der Waals surface area contributed by atoms with Crippen molar-refractivity contribution in [2.75, 3.05) is 0 Å². The fourth-order valence-electron chi connectivity index (χ4n) is 1.84. The lowest BCUT2D eigenvalue weighted by atomic mass is 9.92. The molecule has 2 aromatic rings. The van der Waals surface area contributed by atoms with E-state index in [0.29, 0.717) is 4.64 Å². The van der Waals surface area contributed by atoms with Gasteiger partial charge in [0.25, 0.3) is 0 Å². The number of halogens is 1. The third-order valence-corrected chi connectivity index (χ3v) is 3.56. The molecule has 0 unspecified atom stereocenters. The first-order valence-electron chi connectivity index (χ1n) is 6.20. The number of rotatable bonds is 2. The number of benzene rings is 1. The molecule has 0 saturated carbocycles. The van der Waals surface area contributed by atoms with Gasteiger partial charge in [0.15, 0.2) is 0 Å². The van der Waals surface area contributed by atoms with Crippen molar-refractivity contribution in [1.29, 1.82) is 0 Å². The summed E-state index contributed by atoms with van der Waals surface area (Å²) in [5.74, 6) is 0.913. The van der Waals surface area contributed by atoms with Crippen LogP contribution in [0.15, 0.2) is 34.8 Å². The average Bonchev–Trinajstić information content (AvgIpc) is 2.26. The molecule has 4 heteroatoms. The summed E-state index contributed by atoms with van der Waals surface area (Å²) in [6.07, 6.45) is 0.757. The molecule has 0 aliphatic heterocycles. The van der Waals surface area contributed by atoms with E-state index in [4.69, 9.17) is 12.2 Å². The lowest BCUT2D eigenvalue weighted by molar-refractivity contribution is 0.562. The topological polar surface area (TPSA) is 28.7 Å². The van der Waals surface area contributed by atoms with Crippen molar-refractivity contribution < 1.29 is 0 Å². The summed E-state index contributed by atoms with van der Waals surface area (Å²) in [5.41, 5.74) is 2.37. The molecule has 1 heterocycles. The Morgan fingerprint density at radius 1 is 1.26 bits per heavy atom. The standard InChI is InChI=1S/C15H17BrN2S/c1-15(2,3)12-9-14(19)18-13(17-12)8-10-5-4-6-11(16)7-10/h4-7,9H,8H2,1-3H3,(H,17,18,19). The summed E-state index contributed by atoms with van der Waals surface area (Å²) in [6, 6.07) is 10.2. The molecule has 19 heavy (non-hydrogen) atoms. The van der Waals surface area contributed by atoms with E-state index in [0.717, 1.165) is 22.4 Å². The fraction of sp³-hybridized carbons (Fsp3) is 0.333. The molecule has 0 radical (unpaired) electrons. The highest BCUT2D eigenvalue weighted by Gasteiger charge is 2.15. The maximum Gasteiger partial charge on any atom is 0.130 e. The second kappa shape index (κ2) is 5.55. The number of nitrogens with zero attached hydrogens (tertiary/aromatic N) is 1. The van der Waals surface area contributed by atoms with Crippen molar-refractivity contribution in [3.05, 3.63) is 56.5 Å². The zero-order valence-corrected chi connectivity index (χ0v) is 13.7. The predicted molar refractivity (Wildman–Crippen MR) is 85.1 cm³/mol. The molecule has 0 spiro atoms. The van der Waals surface area contributed by atoms with Crippen LogP contribution in [0.2, 0.25) is 0 Å². The average molecular weight is 337 g/mol. The number of aromatic nitrogens is 2. The van der Waals surface area contributed by atoms with E-state index >= 15 is 0 Å². The van der Waals surface area contributed by atoms with Gasteiger partial charge in [0.05, 0.1) is 0 Å². The highest BCUT2D eigenvalue weighted by Crippen LogP contribution is 2.21. The first-order chi connectivity index (χ1) is 8.84. The molecule has 2 nitrogen and oxygen atoms in total. The van der Waals surface area contributed by atoms with Gasteiger partial charge in [-0.1, -0.05) is 61.1 Å². The van der Waals surface area contributed by atoms with Crippen LogP contribution in [-0.4, -0.2) is 9.97 Å². The Kier molecular flexibility index (Phi) is 4.21. The van der Waals surface area contributed by atoms with Gasteiger partial charge in [0, 0.05) is 22.0 Å². The summed E-state index contributed by atoms with van der Waals surface area (Å²) in [4.78, 5) is 7.82. The van der Waals surface area contributed by atoms with Gasteiger partial charge in [-0.2, -0.15) is 0 Å². The van der Waals surface area contributed by atoms with Gasteiger partial charge in [-0.25, -0.2) is 4.98 Å². The van der Waals surface area contributed by atoms with Gasteiger partial charge in [-0.15, -0.1) is 0 Å². The fourth-order valence-corrected chi connectivity index (χ4v) is 2.51. The number of H-pyrrole nitrogens is 1. The van der Waals surface area contributed by atoms with Crippen LogP contribution in [0.1, 0.15) is 37.9 Å². The van der Waals surface area contributed by atoms with Crippen LogP contribution in [0.25, 0.3) is 0 Å². The molecular weight excluding hydrogens is 320 g/mol. The maximum atomic E-state index is 5.26. The Bertz CT molecular complexity index is 641. The van der Waals surface area contributed by atoms with Crippen LogP contribution >= 0.6 is 28.1 Å². The van der Waals surface area contributed by atoms with Gasteiger partial charge in [0.2, 0.25) is 0 Å². The Morgan fingerprint density at radius 2 is 2.00 bits per heavy atom. The van der Waals surface area contributed by atoms with Crippen LogP contribution in [0.3, 0.4) is 0 Å². The quantitative estimate of drug-likeness (QED) is 0.798. The summed E-state index contributed by atoms with van der Waals surface area (Å²) >= 11 is 8.74. The van der Waals surface area contributed by atoms with E-state index in [1.54, 1.807) is 0 Å². The van der Waals surface area contributed by atoms with Crippen LogP contribution in [-0.2, 0) is 11.8 Å². The molecule has 1 N–H and O–H groups in total. The van der Waals surface area contributed by atoms with Crippen molar-refractivity contribution >= 4 is 28.1 Å². The van der Waals surface area contributed by atoms with Crippen molar-refractivity contribution in [3.63, 3.8) is 0 Å². The first kappa shape index (κ1) is 14.4. The largest absolute Gasteiger partial charge is 0.346 e. The third kappa shape index (κ3) is 3.98. The molecule has 2 rings (SSSR count). The lowest BCUT2D eigenvalue weighted by Crippen LogP contribution is -2.15. The minimum atomic E-state index is 0.0442. The number of nitrogens with one attached hydrogen (secondary N) is 1. The molecule has 0 aliphatic carbocycles. The first-order valence-corrected chi connectivity index (χ1v) is 7.40. The molecule has 0 aliphatic rings. The Morgan fingerprint density at radius 3 is 2.63 bits per heavy atom. The Hall–Kier alpha value is -1.00. The van der Waals surface area contributed by atoms with E-state index in [1.165, 1.54) is 5.56 Å². The number of hydrogen-bond donors (Lipinski definition) is 1. The summed E-state index contributed by atoms with van der Waals surface area (Å²) < 4.78 is 1.73. The van der Waals surface area contributed by atoms with Gasteiger partial charge in [-0.05, 0) is 23.8 Å². The zero-order valence-electron chi connectivity index (χ0n) is 11.3. The normalized spacial score (nSPS) is 11.6. The second-order valence-electron chi connectivity index (χ2n) is 5.64. The molecular formula is C15H17BrN2S. The van der Waals surface area contributed by atoms with Gasteiger partial charge < -0.3 is 4.98 Å². The van der Waals surface area contributed by atoms with E-state index < -0.39 is 0 Å². The predicted octanol–water partition coefficient (Wildman–Crippen LogP) is 4.79. The highest BCUT2D eigenvalue weighted by molar-refractivity contribution is 9.10. The minimum absolute atomic E-state index is 0.0442. The van der Waals surface area contributed by atoms with Gasteiger partial charge >= 0.3 is 0 Å². The van der Waals surface area contributed by atoms with Crippen LogP contribution in [0.5, 0.6) is 0 Å². The summed E-state index contributed by atoms with van der Waals surface area (Å²) in [6.45, 7) is 6.49. The molecule has 1 aromatic carbocycles. The SMILES string of the molecule is CC(C)(C)c1cc(=S)nc(Cc2cccc(Br)c2)[nH]1. The minimum Gasteiger partial charge on any atom is -0.346 e. The van der Waals surface area contributed by atoms with E-state index in [9.17, 15) is 0 Å². The molecule has 0 atom stereocenters. The molecule has 1 aromatic heterocycles. The zero-order chi connectivity index (χ0) is 14.0. The van der Waals surface area contributed by atoms with Gasteiger partial charge in [-0.3, -0.25) is 0 Å². The van der Waals surface area contributed by atoms with Crippen molar-refractivity contribution in [1.82, 2.24) is 9.97 Å². The van der Waals surface area contributed by atoms with Crippen molar-refractivity contribution in [2.24, 2.45) is 0 Å². The lowest BCUT2D eigenvalue weighted by Gasteiger charge is -2.19. The summed E-state index contributed by atoms with van der Waals surface area (Å²) in [5, 5.41) is 0.